The van der Waals surface area contributed by atoms with Crippen LogP contribution >= 0.6 is 34.8 Å². The molecule has 0 amide bonds. The van der Waals surface area contributed by atoms with Gasteiger partial charge in [0.25, 0.3) is 5.89 Å². The summed E-state index contributed by atoms with van der Waals surface area (Å²) in [5, 5.41) is 18.8. The zero-order chi connectivity index (χ0) is 25.5. The van der Waals surface area contributed by atoms with Crippen LogP contribution in [0.4, 0.5) is 0 Å². The predicted molar refractivity (Wildman–Crippen MR) is 143 cm³/mol. The Morgan fingerprint density at radius 3 is 2.11 bits per heavy atom. The molecule has 0 unspecified atom stereocenters. The molecule has 2 heterocycles. The van der Waals surface area contributed by atoms with E-state index >= 15 is 0 Å². The molecule has 9 heteroatoms. The number of benzene rings is 2. The van der Waals surface area contributed by atoms with Crippen LogP contribution < -0.4 is 5.32 Å². The maximum Gasteiger partial charge on any atom is 0.268 e. The summed E-state index contributed by atoms with van der Waals surface area (Å²) in [6, 6.07) is 12.9. The highest BCUT2D eigenvalue weighted by Crippen LogP contribution is 2.37. The zero-order valence-electron chi connectivity index (χ0n) is 20.6. The van der Waals surface area contributed by atoms with Gasteiger partial charge in [0.1, 0.15) is 0 Å². The van der Waals surface area contributed by atoms with Gasteiger partial charge in [0, 0.05) is 38.7 Å². The molecule has 0 radical (unpaired) electrons. The third-order valence-electron chi connectivity index (χ3n) is 5.30. The van der Waals surface area contributed by atoms with Crippen molar-refractivity contribution < 1.29 is 4.42 Å². The van der Waals surface area contributed by atoms with Gasteiger partial charge in [-0.25, -0.2) is 4.68 Å². The second-order valence-electron chi connectivity index (χ2n) is 10.5. The summed E-state index contributed by atoms with van der Waals surface area (Å²) >= 11 is 19.0. The number of halogens is 3. The van der Waals surface area contributed by atoms with E-state index in [1.54, 1.807) is 16.8 Å². The Hall–Kier alpha value is -2.38. The standard InChI is InChI=1S/C26H28Cl3N5O/c1-25(2,3)24-32-31-23(35-24)21-18(14-30-26(4,5)6)22(15-7-9-16(27)10-8-15)34(33-21)20-12-11-17(28)13-19(20)29/h7-13,30H,14H2,1-6H3. The summed E-state index contributed by atoms with van der Waals surface area (Å²) in [5.41, 5.74) is 3.49. The first-order valence-electron chi connectivity index (χ1n) is 11.3. The molecule has 0 aliphatic rings. The van der Waals surface area contributed by atoms with Gasteiger partial charge in [-0.05, 0) is 51.1 Å². The van der Waals surface area contributed by atoms with Crippen molar-refractivity contribution in [2.75, 3.05) is 0 Å². The summed E-state index contributed by atoms with van der Waals surface area (Å²) in [6.07, 6.45) is 0. The zero-order valence-corrected chi connectivity index (χ0v) is 22.8. The van der Waals surface area contributed by atoms with Gasteiger partial charge in [-0.15, -0.1) is 10.2 Å². The monoisotopic (exact) mass is 531 g/mol. The van der Waals surface area contributed by atoms with Crippen LogP contribution in [0, 0.1) is 0 Å². The molecule has 0 aliphatic carbocycles. The van der Waals surface area contributed by atoms with Crippen LogP contribution in [0.25, 0.3) is 28.5 Å². The summed E-state index contributed by atoms with van der Waals surface area (Å²) in [7, 11) is 0. The van der Waals surface area contributed by atoms with Crippen molar-refractivity contribution in [3.63, 3.8) is 0 Å². The lowest BCUT2D eigenvalue weighted by Gasteiger charge is -2.21. The van der Waals surface area contributed by atoms with Crippen LogP contribution in [-0.2, 0) is 12.0 Å². The fourth-order valence-corrected chi connectivity index (χ4v) is 4.11. The molecule has 0 bridgehead atoms. The first-order valence-corrected chi connectivity index (χ1v) is 12.4. The second kappa shape index (κ2) is 9.58. The molecule has 2 aromatic heterocycles. The molecule has 0 spiro atoms. The van der Waals surface area contributed by atoms with E-state index < -0.39 is 0 Å². The average molecular weight is 533 g/mol. The number of nitrogens with zero attached hydrogens (tertiary/aromatic N) is 4. The van der Waals surface area contributed by atoms with Crippen molar-refractivity contribution in [2.24, 2.45) is 0 Å². The minimum atomic E-state index is -0.296. The largest absolute Gasteiger partial charge is 0.419 e. The van der Waals surface area contributed by atoms with Gasteiger partial charge in [-0.2, -0.15) is 5.10 Å². The van der Waals surface area contributed by atoms with Gasteiger partial charge >= 0.3 is 0 Å². The number of nitrogens with one attached hydrogen (secondary N) is 1. The van der Waals surface area contributed by atoms with E-state index in [0.29, 0.717) is 44.8 Å². The fraction of sp³-hybridized carbons (Fsp3) is 0.346. The Labute approximate surface area is 220 Å². The molecule has 0 saturated carbocycles. The van der Waals surface area contributed by atoms with E-state index in [9.17, 15) is 0 Å². The van der Waals surface area contributed by atoms with Crippen LogP contribution in [0.3, 0.4) is 0 Å². The highest BCUT2D eigenvalue weighted by Gasteiger charge is 2.29. The molecule has 184 valence electrons. The molecule has 0 fully saturated rings. The lowest BCUT2D eigenvalue weighted by atomic mass is 9.97. The SMILES string of the molecule is CC(C)(C)NCc1c(-c2nnc(C(C)(C)C)o2)nn(-c2ccc(Cl)cc2Cl)c1-c1ccc(Cl)cc1. The van der Waals surface area contributed by atoms with Gasteiger partial charge in [-0.3, -0.25) is 0 Å². The number of hydrogen-bond donors (Lipinski definition) is 1. The first kappa shape index (κ1) is 25.7. The molecule has 6 nitrogen and oxygen atoms in total. The first-order chi connectivity index (χ1) is 16.3. The fourth-order valence-electron chi connectivity index (χ4n) is 3.50. The minimum absolute atomic E-state index is 0.139. The molecule has 0 saturated heterocycles. The lowest BCUT2D eigenvalue weighted by Crippen LogP contribution is -2.35. The van der Waals surface area contributed by atoms with Crippen molar-refractivity contribution >= 4 is 34.8 Å². The Morgan fingerprint density at radius 1 is 0.886 bits per heavy atom. The topological polar surface area (TPSA) is 68.8 Å². The lowest BCUT2D eigenvalue weighted by molar-refractivity contribution is 0.397. The van der Waals surface area contributed by atoms with Gasteiger partial charge < -0.3 is 9.73 Å². The predicted octanol–water partition coefficient (Wildman–Crippen LogP) is 7.74. The summed E-state index contributed by atoms with van der Waals surface area (Å²) in [6.45, 7) is 12.9. The van der Waals surface area contributed by atoms with Crippen LogP contribution in [-0.4, -0.2) is 25.5 Å². The molecule has 4 rings (SSSR count). The van der Waals surface area contributed by atoms with Gasteiger partial charge in [0.05, 0.1) is 16.4 Å². The van der Waals surface area contributed by atoms with E-state index in [1.165, 1.54) is 0 Å². The van der Waals surface area contributed by atoms with Gasteiger partial charge in [-0.1, -0.05) is 67.7 Å². The van der Waals surface area contributed by atoms with E-state index in [1.807, 2.05) is 51.1 Å². The van der Waals surface area contributed by atoms with Crippen molar-refractivity contribution in [3.05, 3.63) is 69.0 Å². The molecular weight excluding hydrogens is 505 g/mol. The van der Waals surface area contributed by atoms with E-state index in [-0.39, 0.29) is 11.0 Å². The Bertz CT molecular complexity index is 1350. The van der Waals surface area contributed by atoms with Crippen LogP contribution in [0.5, 0.6) is 0 Å². The number of rotatable bonds is 5. The Morgan fingerprint density at radius 2 is 1.54 bits per heavy atom. The van der Waals surface area contributed by atoms with Crippen molar-refractivity contribution in [1.82, 2.24) is 25.3 Å². The van der Waals surface area contributed by atoms with Crippen molar-refractivity contribution in [2.45, 2.75) is 59.0 Å². The summed E-state index contributed by atoms with van der Waals surface area (Å²) < 4.78 is 7.92. The maximum atomic E-state index is 6.64. The smallest absolute Gasteiger partial charge is 0.268 e. The molecule has 35 heavy (non-hydrogen) atoms. The Balaban J connectivity index is 2.01. The van der Waals surface area contributed by atoms with Gasteiger partial charge in [0.2, 0.25) is 5.89 Å². The molecule has 2 aromatic carbocycles. The summed E-state index contributed by atoms with van der Waals surface area (Å²) in [5.74, 6) is 0.883. The van der Waals surface area contributed by atoms with E-state index in [2.05, 4.69) is 36.3 Å². The van der Waals surface area contributed by atoms with Crippen molar-refractivity contribution in [3.8, 4) is 28.5 Å². The second-order valence-corrected chi connectivity index (χ2v) is 11.7. The highest BCUT2D eigenvalue weighted by molar-refractivity contribution is 6.35. The third-order valence-corrected chi connectivity index (χ3v) is 6.09. The summed E-state index contributed by atoms with van der Waals surface area (Å²) in [4.78, 5) is 0. The molecule has 0 aliphatic heterocycles. The maximum absolute atomic E-state index is 6.64. The van der Waals surface area contributed by atoms with Crippen molar-refractivity contribution in [1.29, 1.82) is 0 Å². The molecule has 1 N–H and O–H groups in total. The Kier molecular flexibility index (Phi) is 7.04. The number of hydrogen-bond acceptors (Lipinski definition) is 5. The molecular formula is C26H28Cl3N5O. The van der Waals surface area contributed by atoms with Gasteiger partial charge in [0.15, 0.2) is 5.69 Å². The highest BCUT2D eigenvalue weighted by atomic mass is 35.5. The normalized spacial score (nSPS) is 12.4. The molecule has 4 aromatic rings. The van der Waals surface area contributed by atoms with E-state index in [4.69, 9.17) is 44.3 Å². The van der Waals surface area contributed by atoms with E-state index in [0.717, 1.165) is 16.8 Å². The quantitative estimate of drug-likeness (QED) is 0.285. The molecule has 0 atom stereocenters. The van der Waals surface area contributed by atoms with Crippen LogP contribution in [0.2, 0.25) is 15.1 Å². The third kappa shape index (κ3) is 5.72. The average Bonchev–Trinajstić information content (AvgIpc) is 3.37. The van der Waals surface area contributed by atoms with Crippen LogP contribution in [0.1, 0.15) is 53.0 Å². The van der Waals surface area contributed by atoms with Crippen LogP contribution in [0.15, 0.2) is 46.9 Å². The number of aromatic nitrogens is 4. The minimum Gasteiger partial charge on any atom is -0.419 e.